The van der Waals surface area contributed by atoms with Crippen LogP contribution in [-0.4, -0.2) is 37.3 Å². The van der Waals surface area contributed by atoms with Crippen molar-refractivity contribution in [2.45, 2.75) is 0 Å². The number of amidine groups is 1. The van der Waals surface area contributed by atoms with Crippen LogP contribution in [0.15, 0.2) is 97.1 Å². The van der Waals surface area contributed by atoms with Crippen molar-refractivity contribution in [2.75, 3.05) is 26.5 Å². The summed E-state index contributed by atoms with van der Waals surface area (Å²) in [7, 11) is 5.82. The Kier molecular flexibility index (Phi) is 6.80. The van der Waals surface area contributed by atoms with Gasteiger partial charge in [0, 0.05) is 0 Å². The van der Waals surface area contributed by atoms with Crippen molar-refractivity contribution in [3.05, 3.63) is 103 Å². The average Bonchev–Trinajstić information content (AvgIpc) is 2.86. The molecule has 0 saturated carbocycles. The van der Waals surface area contributed by atoms with Gasteiger partial charge in [-0.2, -0.15) is 4.58 Å². The second-order valence-corrected chi connectivity index (χ2v) is 8.12. The summed E-state index contributed by atoms with van der Waals surface area (Å²) >= 11 is 0. The van der Waals surface area contributed by atoms with Crippen LogP contribution < -0.4 is 19.5 Å². The number of methoxy groups -OCH3 is 1. The third kappa shape index (κ3) is 5.03. The van der Waals surface area contributed by atoms with Crippen molar-refractivity contribution in [2.24, 2.45) is 0 Å². The molecule has 0 amide bonds. The predicted molar refractivity (Wildman–Crippen MR) is 137 cm³/mol. The minimum Gasteiger partial charge on any atom is -0.508 e. The first-order chi connectivity index (χ1) is 16.5. The molecule has 4 rings (SSSR count). The van der Waals surface area contributed by atoms with E-state index in [1.165, 1.54) is 10.6 Å². The van der Waals surface area contributed by atoms with Crippen LogP contribution in [0.1, 0.15) is 5.56 Å². The molecule has 0 fully saturated rings. The first-order valence-corrected chi connectivity index (χ1v) is 11.0. The first-order valence-electron chi connectivity index (χ1n) is 11.0. The highest BCUT2D eigenvalue weighted by Gasteiger charge is 2.23. The van der Waals surface area contributed by atoms with E-state index in [0.717, 1.165) is 28.5 Å². The molecule has 0 radical (unpaired) electrons. The first kappa shape index (κ1) is 22.9. The van der Waals surface area contributed by atoms with Gasteiger partial charge in [-0.25, -0.2) is 5.32 Å². The topological polar surface area (TPSA) is 69.2 Å². The van der Waals surface area contributed by atoms with Crippen molar-refractivity contribution >= 4 is 28.6 Å². The van der Waals surface area contributed by atoms with E-state index in [4.69, 9.17) is 4.74 Å². The number of phenolic OH excluding ortho intramolecular Hbond substituents is 2. The Morgan fingerprint density at radius 1 is 0.735 bits per heavy atom. The molecule has 0 aliphatic carbocycles. The number of aromatic hydroxyl groups is 2. The number of phenols is 2. The van der Waals surface area contributed by atoms with Crippen molar-refractivity contribution in [1.82, 2.24) is 4.58 Å². The molecule has 0 bridgehead atoms. The molecule has 4 aromatic carbocycles. The third-order valence-corrected chi connectivity index (χ3v) is 5.54. The number of nitrogens with zero attached hydrogens (tertiary/aromatic N) is 1. The van der Waals surface area contributed by atoms with Gasteiger partial charge in [-0.15, -0.1) is 0 Å². The summed E-state index contributed by atoms with van der Waals surface area (Å²) < 4.78 is 7.64. The van der Waals surface area contributed by atoms with Gasteiger partial charge in [0.15, 0.2) is 11.4 Å². The van der Waals surface area contributed by atoms with E-state index < -0.39 is 0 Å². The summed E-state index contributed by atoms with van der Waals surface area (Å²) in [6.07, 6.45) is 0. The molecule has 0 atom stereocenters. The maximum Gasteiger partial charge on any atom is 0.292 e. The normalized spacial score (nSPS) is 10.7. The number of hydrogen-bond donors (Lipinski definition) is 4. The molecule has 0 heterocycles. The molecular formula is C28H29N3O3+2. The van der Waals surface area contributed by atoms with Gasteiger partial charge < -0.3 is 19.8 Å². The van der Waals surface area contributed by atoms with E-state index in [1.807, 2.05) is 53.1 Å². The van der Waals surface area contributed by atoms with Crippen molar-refractivity contribution in [1.29, 1.82) is 0 Å². The Balaban J connectivity index is 1.99. The molecule has 4 aromatic rings. The van der Waals surface area contributed by atoms with Gasteiger partial charge in [0.25, 0.3) is 5.84 Å². The molecule has 34 heavy (non-hydrogen) atoms. The molecule has 6 heteroatoms. The highest BCUT2D eigenvalue weighted by Crippen LogP contribution is 2.29. The molecule has 0 saturated heterocycles. The highest BCUT2D eigenvalue weighted by molar-refractivity contribution is 6.11. The second kappa shape index (κ2) is 10.1. The van der Waals surface area contributed by atoms with Crippen LogP contribution >= 0.6 is 0 Å². The molecule has 0 aromatic heterocycles. The lowest BCUT2D eigenvalue weighted by atomic mass is 10.1. The fourth-order valence-electron chi connectivity index (χ4n) is 3.70. The molecule has 6 nitrogen and oxygen atoms in total. The van der Waals surface area contributed by atoms with Crippen molar-refractivity contribution in [3.63, 3.8) is 0 Å². The van der Waals surface area contributed by atoms with Crippen molar-refractivity contribution in [3.8, 4) is 17.2 Å². The van der Waals surface area contributed by atoms with Crippen LogP contribution in [0.5, 0.6) is 17.2 Å². The Morgan fingerprint density at radius 2 is 1.26 bits per heavy atom. The van der Waals surface area contributed by atoms with E-state index in [1.54, 1.807) is 31.4 Å². The summed E-state index contributed by atoms with van der Waals surface area (Å²) in [5.74, 6) is 1.88. The largest absolute Gasteiger partial charge is 0.508 e. The van der Waals surface area contributed by atoms with E-state index in [-0.39, 0.29) is 11.5 Å². The standard InChI is InChI=1S/C28H27N3O3/c1-30(2)21-10-8-20(9-11-21)28(29-26-6-4-5-7-27(26)34-3)31(22-12-16-24(32)17-13-22)23-14-18-25(33)19-15-23/h4-19,32-33H,1-3H3/p+2. The summed E-state index contributed by atoms with van der Waals surface area (Å²) in [6, 6.07) is 30.1. The zero-order chi connectivity index (χ0) is 24.1. The molecular weight excluding hydrogens is 426 g/mol. The minimum absolute atomic E-state index is 0.187. The van der Waals surface area contributed by atoms with Gasteiger partial charge in [0.2, 0.25) is 0 Å². The highest BCUT2D eigenvalue weighted by atomic mass is 16.5. The fourth-order valence-corrected chi connectivity index (χ4v) is 3.70. The smallest absolute Gasteiger partial charge is 0.292 e. The molecule has 0 aliphatic rings. The number of anilines is 1. The lowest BCUT2D eigenvalue weighted by molar-refractivity contribution is -0.786. The van der Waals surface area contributed by atoms with Crippen LogP contribution in [0.3, 0.4) is 0 Å². The minimum atomic E-state index is 0.187. The second-order valence-electron chi connectivity index (χ2n) is 8.12. The summed E-state index contributed by atoms with van der Waals surface area (Å²) in [5.41, 5.74) is 4.61. The lowest BCUT2D eigenvalue weighted by Crippen LogP contribution is -3.00. The van der Waals surface area contributed by atoms with Gasteiger partial charge in [-0.3, -0.25) is 0 Å². The van der Waals surface area contributed by atoms with E-state index in [2.05, 4.69) is 43.7 Å². The van der Waals surface area contributed by atoms with Crippen LogP contribution in [-0.2, 0) is 0 Å². The van der Waals surface area contributed by atoms with Gasteiger partial charge in [-0.05, 0) is 84.9 Å². The monoisotopic (exact) mass is 455 g/mol. The number of quaternary nitrogens is 1. The average molecular weight is 456 g/mol. The number of para-hydroxylation sites is 2. The third-order valence-electron chi connectivity index (χ3n) is 5.54. The summed E-state index contributed by atoms with van der Waals surface area (Å²) in [6.45, 7) is 0. The zero-order valence-electron chi connectivity index (χ0n) is 19.5. The van der Waals surface area contributed by atoms with Gasteiger partial charge in [0.1, 0.15) is 28.6 Å². The molecule has 4 N–H and O–H groups in total. The summed E-state index contributed by atoms with van der Waals surface area (Å²) in [4.78, 5) is 1.24. The van der Waals surface area contributed by atoms with E-state index in [9.17, 15) is 10.2 Å². The number of rotatable bonds is 6. The number of ether oxygens (including phenoxy) is 1. The van der Waals surface area contributed by atoms with Gasteiger partial charge in [0.05, 0.1) is 26.8 Å². The SMILES string of the molecule is COc1ccccc1NC(c1ccc([NH+](C)C)cc1)=[N+](c1ccc(O)cc1)c1ccc(O)cc1. The summed E-state index contributed by atoms with van der Waals surface area (Å²) in [5, 5.41) is 23.4. The Morgan fingerprint density at radius 3 is 1.76 bits per heavy atom. The Hall–Kier alpha value is -4.29. The number of nitrogens with one attached hydrogen (secondary N) is 2. The molecule has 0 spiro atoms. The number of benzene rings is 4. The Bertz CT molecular complexity index is 1230. The van der Waals surface area contributed by atoms with E-state index in [0.29, 0.717) is 5.75 Å². The van der Waals surface area contributed by atoms with Crippen LogP contribution in [0.25, 0.3) is 0 Å². The van der Waals surface area contributed by atoms with E-state index >= 15 is 0 Å². The van der Waals surface area contributed by atoms with Crippen LogP contribution in [0.4, 0.5) is 22.7 Å². The van der Waals surface area contributed by atoms with Crippen LogP contribution in [0.2, 0.25) is 0 Å². The number of hydrogen-bond acceptors (Lipinski definition) is 3. The quantitative estimate of drug-likeness (QED) is 0.199. The van der Waals surface area contributed by atoms with Crippen molar-refractivity contribution < 1.29 is 19.8 Å². The molecule has 0 unspecified atom stereocenters. The van der Waals surface area contributed by atoms with Gasteiger partial charge >= 0.3 is 0 Å². The lowest BCUT2D eigenvalue weighted by Gasteiger charge is -2.15. The zero-order valence-corrected chi connectivity index (χ0v) is 19.5. The Labute approximate surface area is 199 Å². The van der Waals surface area contributed by atoms with Gasteiger partial charge in [-0.1, -0.05) is 12.1 Å². The van der Waals surface area contributed by atoms with Crippen LogP contribution in [0, 0.1) is 0 Å². The molecule has 0 aliphatic heterocycles. The maximum absolute atomic E-state index is 9.89. The molecule has 172 valence electrons. The predicted octanol–water partition coefficient (Wildman–Crippen LogP) is 4.28. The fraction of sp³-hybridized carbons (Fsp3) is 0.107. The maximum atomic E-state index is 9.89.